The summed E-state index contributed by atoms with van der Waals surface area (Å²) in [6.45, 7) is 0.621. The van der Waals surface area contributed by atoms with Crippen LogP contribution in [0, 0.1) is 0 Å². The number of hydrogen-bond acceptors (Lipinski definition) is 3. The molecule has 1 amide bonds. The fraction of sp³-hybridized carbons (Fsp3) is 0.158. The summed E-state index contributed by atoms with van der Waals surface area (Å²) in [7, 11) is 0. The third-order valence-corrected chi connectivity index (χ3v) is 3.77. The first kappa shape index (κ1) is 15.2. The summed E-state index contributed by atoms with van der Waals surface area (Å²) in [5.41, 5.74) is 3.54. The molecule has 23 heavy (non-hydrogen) atoms. The van der Waals surface area contributed by atoms with E-state index >= 15 is 0 Å². The highest BCUT2D eigenvalue weighted by atomic mass is 16.3. The van der Waals surface area contributed by atoms with Crippen molar-refractivity contribution in [3.63, 3.8) is 0 Å². The molecule has 3 rings (SSSR count). The maximum absolute atomic E-state index is 12.2. The SMILES string of the molecule is O=C(NCCc1ccc(CO)cc1)c1ccc2ncccc2c1. The van der Waals surface area contributed by atoms with Crippen molar-refractivity contribution in [1.82, 2.24) is 10.3 Å². The predicted octanol–water partition coefficient (Wildman–Crippen LogP) is 2.70. The number of amides is 1. The van der Waals surface area contributed by atoms with Crippen LogP contribution in [-0.4, -0.2) is 22.5 Å². The van der Waals surface area contributed by atoms with Gasteiger partial charge >= 0.3 is 0 Å². The van der Waals surface area contributed by atoms with Gasteiger partial charge < -0.3 is 10.4 Å². The molecule has 0 aliphatic carbocycles. The van der Waals surface area contributed by atoms with Gasteiger partial charge in [-0.3, -0.25) is 9.78 Å². The quantitative estimate of drug-likeness (QED) is 0.762. The zero-order valence-electron chi connectivity index (χ0n) is 12.7. The van der Waals surface area contributed by atoms with Crippen molar-refractivity contribution in [3.05, 3.63) is 77.5 Å². The second-order valence-corrected chi connectivity index (χ2v) is 5.39. The van der Waals surface area contributed by atoms with Crippen LogP contribution in [0.5, 0.6) is 0 Å². The average Bonchev–Trinajstić information content (AvgIpc) is 2.61. The van der Waals surface area contributed by atoms with Crippen LogP contribution in [0.2, 0.25) is 0 Å². The fourth-order valence-electron chi connectivity index (χ4n) is 2.45. The standard InChI is InChI=1S/C19H18N2O2/c22-13-15-5-3-14(4-6-15)9-11-21-19(23)17-7-8-18-16(12-17)2-1-10-20-18/h1-8,10,12,22H,9,11,13H2,(H,21,23). The van der Waals surface area contributed by atoms with E-state index in [0.29, 0.717) is 12.1 Å². The maximum atomic E-state index is 12.2. The first-order valence-electron chi connectivity index (χ1n) is 7.58. The first-order chi connectivity index (χ1) is 11.3. The number of aliphatic hydroxyl groups is 1. The summed E-state index contributed by atoms with van der Waals surface area (Å²) in [5.74, 6) is -0.0808. The lowest BCUT2D eigenvalue weighted by Crippen LogP contribution is -2.25. The van der Waals surface area contributed by atoms with Gasteiger partial charge in [-0.15, -0.1) is 0 Å². The second kappa shape index (κ2) is 7.03. The molecule has 0 spiro atoms. The summed E-state index contributed by atoms with van der Waals surface area (Å²) < 4.78 is 0. The number of carbonyl (C=O) groups is 1. The molecule has 2 aromatic carbocycles. The first-order valence-corrected chi connectivity index (χ1v) is 7.58. The van der Waals surface area contributed by atoms with Crippen LogP contribution in [0.1, 0.15) is 21.5 Å². The minimum Gasteiger partial charge on any atom is -0.392 e. The number of hydrogen-bond donors (Lipinski definition) is 2. The van der Waals surface area contributed by atoms with Gasteiger partial charge in [0.25, 0.3) is 5.91 Å². The van der Waals surface area contributed by atoms with Crippen LogP contribution >= 0.6 is 0 Å². The third kappa shape index (κ3) is 3.73. The Balaban J connectivity index is 1.59. The summed E-state index contributed by atoms with van der Waals surface area (Å²) in [6.07, 6.45) is 2.50. The van der Waals surface area contributed by atoms with Gasteiger partial charge in [-0.25, -0.2) is 0 Å². The summed E-state index contributed by atoms with van der Waals surface area (Å²) in [5, 5.41) is 12.9. The van der Waals surface area contributed by atoms with Gasteiger partial charge in [0, 0.05) is 23.7 Å². The van der Waals surface area contributed by atoms with E-state index < -0.39 is 0 Å². The average molecular weight is 306 g/mol. The Morgan fingerprint density at radius 3 is 2.61 bits per heavy atom. The Morgan fingerprint density at radius 1 is 1.04 bits per heavy atom. The van der Waals surface area contributed by atoms with Crippen molar-refractivity contribution in [2.24, 2.45) is 0 Å². The summed E-state index contributed by atoms with van der Waals surface area (Å²) >= 11 is 0. The molecular formula is C19H18N2O2. The number of nitrogens with zero attached hydrogens (tertiary/aromatic N) is 1. The molecule has 4 heteroatoms. The van der Waals surface area contributed by atoms with Crippen molar-refractivity contribution >= 4 is 16.8 Å². The van der Waals surface area contributed by atoms with Crippen molar-refractivity contribution in [1.29, 1.82) is 0 Å². The number of aromatic nitrogens is 1. The minimum atomic E-state index is -0.0808. The number of nitrogens with one attached hydrogen (secondary N) is 1. The molecule has 0 atom stereocenters. The Kier molecular flexibility index (Phi) is 4.64. The molecule has 116 valence electrons. The van der Waals surface area contributed by atoms with Crippen molar-refractivity contribution in [2.75, 3.05) is 6.54 Å². The highest BCUT2D eigenvalue weighted by Gasteiger charge is 2.06. The van der Waals surface area contributed by atoms with Crippen LogP contribution in [0.3, 0.4) is 0 Å². The molecule has 2 N–H and O–H groups in total. The Labute approximate surface area is 134 Å². The zero-order chi connectivity index (χ0) is 16.1. The molecule has 0 aliphatic rings. The highest BCUT2D eigenvalue weighted by molar-refractivity contribution is 5.97. The third-order valence-electron chi connectivity index (χ3n) is 3.77. The van der Waals surface area contributed by atoms with Crippen LogP contribution < -0.4 is 5.32 Å². The van der Waals surface area contributed by atoms with Gasteiger partial charge in [0.15, 0.2) is 0 Å². The van der Waals surface area contributed by atoms with Crippen molar-refractivity contribution in [3.8, 4) is 0 Å². The van der Waals surface area contributed by atoms with Gasteiger partial charge in [0.05, 0.1) is 12.1 Å². The smallest absolute Gasteiger partial charge is 0.251 e. The zero-order valence-corrected chi connectivity index (χ0v) is 12.7. The van der Waals surface area contributed by atoms with Crippen molar-refractivity contribution < 1.29 is 9.90 Å². The van der Waals surface area contributed by atoms with Crippen LogP contribution in [0.4, 0.5) is 0 Å². The number of carbonyl (C=O) groups excluding carboxylic acids is 1. The molecular weight excluding hydrogens is 288 g/mol. The van der Waals surface area contributed by atoms with Crippen LogP contribution in [-0.2, 0) is 13.0 Å². The Hall–Kier alpha value is -2.72. The molecule has 1 aromatic heterocycles. The minimum absolute atomic E-state index is 0.0494. The molecule has 0 fully saturated rings. The van der Waals surface area contributed by atoms with E-state index in [-0.39, 0.29) is 12.5 Å². The Morgan fingerprint density at radius 2 is 1.83 bits per heavy atom. The van der Waals surface area contributed by atoms with Crippen LogP contribution in [0.15, 0.2) is 60.8 Å². The van der Waals surface area contributed by atoms with E-state index in [0.717, 1.165) is 28.5 Å². The van der Waals surface area contributed by atoms with E-state index in [1.165, 1.54) is 0 Å². The second-order valence-electron chi connectivity index (χ2n) is 5.39. The van der Waals surface area contributed by atoms with Crippen molar-refractivity contribution in [2.45, 2.75) is 13.0 Å². The molecule has 3 aromatic rings. The molecule has 0 radical (unpaired) electrons. The van der Waals surface area contributed by atoms with E-state index in [2.05, 4.69) is 10.3 Å². The van der Waals surface area contributed by atoms with E-state index in [4.69, 9.17) is 5.11 Å². The fourth-order valence-corrected chi connectivity index (χ4v) is 2.45. The van der Waals surface area contributed by atoms with E-state index in [1.807, 2.05) is 48.5 Å². The van der Waals surface area contributed by atoms with Gasteiger partial charge in [-0.05, 0) is 41.8 Å². The lowest BCUT2D eigenvalue weighted by atomic mass is 10.1. The largest absolute Gasteiger partial charge is 0.392 e. The number of fused-ring (bicyclic) bond motifs is 1. The number of benzene rings is 2. The normalized spacial score (nSPS) is 10.7. The molecule has 0 unspecified atom stereocenters. The molecule has 1 heterocycles. The lowest BCUT2D eigenvalue weighted by Gasteiger charge is -2.07. The summed E-state index contributed by atoms with van der Waals surface area (Å²) in [4.78, 5) is 16.5. The van der Waals surface area contributed by atoms with Gasteiger partial charge in [-0.2, -0.15) is 0 Å². The molecule has 0 aliphatic heterocycles. The highest BCUT2D eigenvalue weighted by Crippen LogP contribution is 2.13. The van der Waals surface area contributed by atoms with E-state index in [9.17, 15) is 4.79 Å². The van der Waals surface area contributed by atoms with Gasteiger partial charge in [0.1, 0.15) is 0 Å². The number of aliphatic hydroxyl groups excluding tert-OH is 1. The maximum Gasteiger partial charge on any atom is 0.251 e. The predicted molar refractivity (Wildman–Crippen MR) is 90.1 cm³/mol. The number of rotatable bonds is 5. The monoisotopic (exact) mass is 306 g/mol. The van der Waals surface area contributed by atoms with E-state index in [1.54, 1.807) is 12.3 Å². The van der Waals surface area contributed by atoms with Crippen LogP contribution in [0.25, 0.3) is 10.9 Å². The van der Waals surface area contributed by atoms with Gasteiger partial charge in [0.2, 0.25) is 0 Å². The molecule has 0 bridgehead atoms. The van der Waals surface area contributed by atoms with Gasteiger partial charge in [-0.1, -0.05) is 30.3 Å². The lowest BCUT2D eigenvalue weighted by molar-refractivity contribution is 0.0954. The molecule has 4 nitrogen and oxygen atoms in total. The number of pyridine rings is 1. The molecule has 0 saturated carbocycles. The molecule has 0 saturated heterocycles. The summed E-state index contributed by atoms with van der Waals surface area (Å²) in [6, 6.07) is 17.0. The topological polar surface area (TPSA) is 62.2 Å². The Bertz CT molecular complexity index is 813.